The van der Waals surface area contributed by atoms with E-state index in [9.17, 15) is 9.50 Å². The fourth-order valence-electron chi connectivity index (χ4n) is 2.45. The van der Waals surface area contributed by atoms with E-state index in [1.165, 1.54) is 12.1 Å². The highest BCUT2D eigenvalue weighted by molar-refractivity contribution is 5.37. The maximum atomic E-state index is 13.0. The van der Waals surface area contributed by atoms with Crippen LogP contribution in [0.5, 0.6) is 0 Å². The van der Waals surface area contributed by atoms with E-state index in [2.05, 4.69) is 10.4 Å². The zero-order valence-electron chi connectivity index (χ0n) is 13.4. The van der Waals surface area contributed by atoms with Crippen molar-refractivity contribution in [3.05, 3.63) is 47.0 Å². The molecule has 0 saturated heterocycles. The molecule has 1 aromatic heterocycles. The normalized spacial score (nSPS) is 12.6. The molecule has 2 rings (SSSR count). The Morgan fingerprint density at radius 3 is 2.59 bits per heavy atom. The number of rotatable bonds is 7. The SMILES string of the molecule is CCC(O)CCNCc1c(C)nn(-c2ccc(F)cc2)c1C. The molecule has 1 heterocycles. The number of benzene rings is 1. The largest absolute Gasteiger partial charge is 0.393 e. The van der Waals surface area contributed by atoms with E-state index in [1.807, 2.05) is 25.5 Å². The maximum absolute atomic E-state index is 13.0. The minimum Gasteiger partial charge on any atom is -0.393 e. The van der Waals surface area contributed by atoms with E-state index in [-0.39, 0.29) is 11.9 Å². The summed E-state index contributed by atoms with van der Waals surface area (Å²) in [6.45, 7) is 7.46. The zero-order chi connectivity index (χ0) is 16.1. The van der Waals surface area contributed by atoms with Gasteiger partial charge in [-0.1, -0.05) is 6.92 Å². The smallest absolute Gasteiger partial charge is 0.123 e. The topological polar surface area (TPSA) is 50.1 Å². The molecule has 0 fully saturated rings. The van der Waals surface area contributed by atoms with Crippen molar-refractivity contribution in [2.75, 3.05) is 6.54 Å². The standard InChI is InChI=1S/C17H24FN3O/c1-4-16(22)9-10-19-11-17-12(2)20-21(13(17)3)15-7-5-14(18)6-8-15/h5-8,16,19,22H,4,9-11H2,1-3H3. The second-order valence-electron chi connectivity index (χ2n) is 5.57. The number of hydrogen-bond donors (Lipinski definition) is 2. The third kappa shape index (κ3) is 3.93. The molecule has 0 aliphatic heterocycles. The minimum absolute atomic E-state index is 0.239. The maximum Gasteiger partial charge on any atom is 0.123 e. The van der Waals surface area contributed by atoms with Gasteiger partial charge in [0.05, 0.1) is 17.5 Å². The molecule has 0 amide bonds. The fourth-order valence-corrected chi connectivity index (χ4v) is 2.45. The predicted molar refractivity (Wildman–Crippen MR) is 85.6 cm³/mol. The number of nitrogens with zero attached hydrogens (tertiary/aromatic N) is 2. The second kappa shape index (κ2) is 7.51. The summed E-state index contributed by atoms with van der Waals surface area (Å²) in [4.78, 5) is 0. The van der Waals surface area contributed by atoms with E-state index < -0.39 is 0 Å². The Balaban J connectivity index is 2.05. The summed E-state index contributed by atoms with van der Waals surface area (Å²) in [5.74, 6) is -0.248. The average Bonchev–Trinajstić information content (AvgIpc) is 2.79. The third-order valence-electron chi connectivity index (χ3n) is 3.94. The number of hydrogen-bond acceptors (Lipinski definition) is 3. The van der Waals surface area contributed by atoms with Crippen LogP contribution in [0.3, 0.4) is 0 Å². The van der Waals surface area contributed by atoms with Crippen LogP contribution in [0.15, 0.2) is 24.3 Å². The molecule has 0 radical (unpaired) electrons. The van der Waals surface area contributed by atoms with Gasteiger partial charge < -0.3 is 10.4 Å². The molecule has 1 aromatic carbocycles. The van der Waals surface area contributed by atoms with Crippen LogP contribution in [0.25, 0.3) is 5.69 Å². The van der Waals surface area contributed by atoms with Gasteiger partial charge in [-0.25, -0.2) is 9.07 Å². The Kier molecular flexibility index (Phi) is 5.69. The Hall–Kier alpha value is -1.72. The molecule has 1 atom stereocenters. The molecular formula is C17H24FN3O. The van der Waals surface area contributed by atoms with Crippen molar-refractivity contribution in [3.8, 4) is 5.69 Å². The van der Waals surface area contributed by atoms with Crippen LogP contribution in [0.2, 0.25) is 0 Å². The zero-order valence-corrected chi connectivity index (χ0v) is 13.4. The Morgan fingerprint density at radius 2 is 1.95 bits per heavy atom. The molecular weight excluding hydrogens is 281 g/mol. The molecule has 0 aliphatic rings. The van der Waals surface area contributed by atoms with Crippen molar-refractivity contribution in [2.24, 2.45) is 0 Å². The highest BCUT2D eigenvalue weighted by atomic mass is 19.1. The van der Waals surface area contributed by atoms with Crippen LogP contribution >= 0.6 is 0 Å². The molecule has 4 nitrogen and oxygen atoms in total. The molecule has 0 bridgehead atoms. The Bertz CT molecular complexity index is 607. The number of aromatic nitrogens is 2. The first-order valence-electron chi connectivity index (χ1n) is 7.72. The Morgan fingerprint density at radius 1 is 1.27 bits per heavy atom. The van der Waals surface area contributed by atoms with Crippen molar-refractivity contribution in [1.82, 2.24) is 15.1 Å². The van der Waals surface area contributed by atoms with Gasteiger partial charge in [0.25, 0.3) is 0 Å². The molecule has 0 aliphatic carbocycles. The Labute approximate surface area is 131 Å². The first kappa shape index (κ1) is 16.6. The van der Waals surface area contributed by atoms with Crippen molar-refractivity contribution >= 4 is 0 Å². The van der Waals surface area contributed by atoms with E-state index in [0.717, 1.165) is 48.6 Å². The van der Waals surface area contributed by atoms with Gasteiger partial charge in [-0.05, 0) is 57.5 Å². The predicted octanol–water partition coefficient (Wildman–Crippen LogP) is 2.88. The fraction of sp³-hybridized carbons (Fsp3) is 0.471. The van der Waals surface area contributed by atoms with Gasteiger partial charge >= 0.3 is 0 Å². The van der Waals surface area contributed by atoms with Gasteiger partial charge in [0.2, 0.25) is 0 Å². The summed E-state index contributed by atoms with van der Waals surface area (Å²) >= 11 is 0. The monoisotopic (exact) mass is 305 g/mol. The van der Waals surface area contributed by atoms with Crippen LogP contribution in [0.1, 0.15) is 36.7 Å². The van der Waals surface area contributed by atoms with Gasteiger partial charge in [0, 0.05) is 17.8 Å². The number of aryl methyl sites for hydroxylation is 1. The van der Waals surface area contributed by atoms with Gasteiger partial charge in [-0.2, -0.15) is 5.10 Å². The van der Waals surface area contributed by atoms with Crippen LogP contribution in [-0.4, -0.2) is 27.5 Å². The summed E-state index contributed by atoms with van der Waals surface area (Å²) in [5, 5.41) is 17.4. The van der Waals surface area contributed by atoms with Crippen LogP contribution < -0.4 is 5.32 Å². The second-order valence-corrected chi connectivity index (χ2v) is 5.57. The highest BCUT2D eigenvalue weighted by Crippen LogP contribution is 2.18. The third-order valence-corrected chi connectivity index (χ3v) is 3.94. The lowest BCUT2D eigenvalue weighted by Gasteiger charge is -2.09. The number of halogens is 1. The van der Waals surface area contributed by atoms with Crippen LogP contribution in [0.4, 0.5) is 4.39 Å². The number of aliphatic hydroxyl groups excluding tert-OH is 1. The van der Waals surface area contributed by atoms with Gasteiger partial charge in [0.15, 0.2) is 0 Å². The van der Waals surface area contributed by atoms with Crippen LogP contribution in [-0.2, 0) is 6.54 Å². The van der Waals surface area contributed by atoms with E-state index in [1.54, 1.807) is 12.1 Å². The van der Waals surface area contributed by atoms with Crippen molar-refractivity contribution < 1.29 is 9.50 Å². The lowest BCUT2D eigenvalue weighted by atomic mass is 10.1. The molecule has 120 valence electrons. The van der Waals surface area contributed by atoms with Gasteiger partial charge in [-0.3, -0.25) is 0 Å². The van der Waals surface area contributed by atoms with Gasteiger partial charge in [-0.15, -0.1) is 0 Å². The number of nitrogens with one attached hydrogen (secondary N) is 1. The molecule has 2 aromatic rings. The first-order chi connectivity index (χ1) is 10.5. The molecule has 0 saturated carbocycles. The lowest BCUT2D eigenvalue weighted by Crippen LogP contribution is -2.20. The first-order valence-corrected chi connectivity index (χ1v) is 7.72. The van der Waals surface area contributed by atoms with Crippen molar-refractivity contribution in [3.63, 3.8) is 0 Å². The highest BCUT2D eigenvalue weighted by Gasteiger charge is 2.12. The van der Waals surface area contributed by atoms with Crippen molar-refractivity contribution in [2.45, 2.75) is 46.3 Å². The summed E-state index contributed by atoms with van der Waals surface area (Å²) in [7, 11) is 0. The molecule has 2 N–H and O–H groups in total. The van der Waals surface area contributed by atoms with Crippen molar-refractivity contribution in [1.29, 1.82) is 0 Å². The average molecular weight is 305 g/mol. The van der Waals surface area contributed by atoms with Crippen LogP contribution in [0, 0.1) is 19.7 Å². The van der Waals surface area contributed by atoms with E-state index in [4.69, 9.17) is 0 Å². The quantitative estimate of drug-likeness (QED) is 0.773. The molecule has 22 heavy (non-hydrogen) atoms. The summed E-state index contributed by atoms with van der Waals surface area (Å²) < 4.78 is 14.9. The summed E-state index contributed by atoms with van der Waals surface area (Å²) in [6, 6.07) is 6.33. The number of aliphatic hydroxyl groups is 1. The van der Waals surface area contributed by atoms with E-state index >= 15 is 0 Å². The molecule has 5 heteroatoms. The van der Waals surface area contributed by atoms with E-state index in [0.29, 0.717) is 0 Å². The summed E-state index contributed by atoms with van der Waals surface area (Å²) in [5.41, 5.74) is 4.02. The lowest BCUT2D eigenvalue weighted by molar-refractivity contribution is 0.159. The summed E-state index contributed by atoms with van der Waals surface area (Å²) in [6.07, 6.45) is 1.29. The molecule has 0 spiro atoms. The van der Waals surface area contributed by atoms with Gasteiger partial charge in [0.1, 0.15) is 5.82 Å². The minimum atomic E-state index is -0.248. The molecule has 1 unspecified atom stereocenters.